The van der Waals surface area contributed by atoms with Crippen LogP contribution in [0.3, 0.4) is 0 Å². The highest BCUT2D eigenvalue weighted by Crippen LogP contribution is 2.25. The maximum atomic E-state index is 11.7. The van der Waals surface area contributed by atoms with E-state index in [2.05, 4.69) is 10.6 Å². The maximum Gasteiger partial charge on any atom is 0.308 e. The van der Waals surface area contributed by atoms with Gasteiger partial charge in [-0.3, -0.25) is 9.59 Å². The first-order chi connectivity index (χ1) is 8.67. The van der Waals surface area contributed by atoms with E-state index in [-0.39, 0.29) is 23.8 Å². The average Bonchev–Trinajstić information content (AvgIpc) is 2.37. The Balaban J connectivity index is 2.30. The number of ether oxygens (including phenoxy) is 1. The molecule has 18 heavy (non-hydrogen) atoms. The van der Waals surface area contributed by atoms with E-state index in [1.807, 2.05) is 13.8 Å². The van der Waals surface area contributed by atoms with Gasteiger partial charge in [-0.1, -0.05) is 6.42 Å². The molecule has 0 radical (unpaired) electrons. The molecule has 0 saturated heterocycles. The Morgan fingerprint density at radius 1 is 1.28 bits per heavy atom. The predicted molar refractivity (Wildman–Crippen MR) is 69.1 cm³/mol. The number of esters is 1. The van der Waals surface area contributed by atoms with E-state index in [0.29, 0.717) is 19.7 Å². The molecule has 1 amide bonds. The van der Waals surface area contributed by atoms with E-state index in [4.69, 9.17) is 4.74 Å². The summed E-state index contributed by atoms with van der Waals surface area (Å²) < 4.78 is 5.05. The van der Waals surface area contributed by atoms with Gasteiger partial charge in [0.1, 0.15) is 0 Å². The Morgan fingerprint density at radius 2 is 2.06 bits per heavy atom. The van der Waals surface area contributed by atoms with Crippen LogP contribution < -0.4 is 10.6 Å². The molecule has 1 saturated carbocycles. The molecular weight excluding hydrogens is 232 g/mol. The first-order valence-electron chi connectivity index (χ1n) is 6.84. The standard InChI is InChI=1S/C13H24N2O3/c1-3-14-12(16)9-15-11-7-5-6-10(8-11)13(17)18-4-2/h10-11,15H,3-9H2,1-2H3,(H,14,16). The lowest BCUT2D eigenvalue weighted by Gasteiger charge is -2.28. The second kappa shape index (κ2) is 8.08. The predicted octanol–water partition coefficient (Wildman–Crippen LogP) is 0.834. The van der Waals surface area contributed by atoms with Gasteiger partial charge in [0.2, 0.25) is 5.91 Å². The van der Waals surface area contributed by atoms with E-state index in [0.717, 1.165) is 25.7 Å². The number of hydrogen-bond acceptors (Lipinski definition) is 4. The zero-order chi connectivity index (χ0) is 13.4. The molecule has 0 spiro atoms. The van der Waals surface area contributed by atoms with Gasteiger partial charge in [0.25, 0.3) is 0 Å². The average molecular weight is 256 g/mol. The zero-order valence-corrected chi connectivity index (χ0v) is 11.3. The molecule has 2 N–H and O–H groups in total. The molecule has 5 heteroatoms. The maximum absolute atomic E-state index is 11.7. The number of carbonyl (C=O) groups is 2. The molecule has 1 fully saturated rings. The number of rotatable bonds is 6. The van der Waals surface area contributed by atoms with Crippen LogP contribution in [0.25, 0.3) is 0 Å². The lowest BCUT2D eigenvalue weighted by Crippen LogP contribution is -2.42. The quantitative estimate of drug-likeness (QED) is 0.691. The van der Waals surface area contributed by atoms with Crippen LogP contribution in [0, 0.1) is 5.92 Å². The molecule has 0 aliphatic heterocycles. The fourth-order valence-electron chi connectivity index (χ4n) is 2.35. The summed E-state index contributed by atoms with van der Waals surface area (Å²) in [7, 11) is 0. The van der Waals surface area contributed by atoms with Crippen molar-refractivity contribution in [1.82, 2.24) is 10.6 Å². The normalized spacial score (nSPS) is 23.4. The largest absolute Gasteiger partial charge is 0.466 e. The topological polar surface area (TPSA) is 67.4 Å². The number of nitrogens with one attached hydrogen (secondary N) is 2. The lowest BCUT2D eigenvalue weighted by molar-refractivity contribution is -0.149. The van der Waals surface area contributed by atoms with Gasteiger partial charge in [0, 0.05) is 12.6 Å². The molecule has 0 aromatic carbocycles. The summed E-state index contributed by atoms with van der Waals surface area (Å²) in [5.74, 6) is -0.0943. The first-order valence-corrected chi connectivity index (χ1v) is 6.84. The fraction of sp³-hybridized carbons (Fsp3) is 0.846. The van der Waals surface area contributed by atoms with Crippen molar-refractivity contribution in [1.29, 1.82) is 0 Å². The Labute approximate surface area is 109 Å². The smallest absolute Gasteiger partial charge is 0.308 e. The van der Waals surface area contributed by atoms with Crippen LogP contribution in [-0.2, 0) is 14.3 Å². The highest BCUT2D eigenvalue weighted by molar-refractivity contribution is 5.78. The van der Waals surface area contributed by atoms with Crippen LogP contribution in [-0.4, -0.2) is 37.6 Å². The van der Waals surface area contributed by atoms with E-state index in [1.165, 1.54) is 0 Å². The second-order valence-electron chi connectivity index (χ2n) is 4.65. The van der Waals surface area contributed by atoms with Crippen molar-refractivity contribution >= 4 is 11.9 Å². The Kier molecular flexibility index (Phi) is 6.72. The van der Waals surface area contributed by atoms with Gasteiger partial charge < -0.3 is 15.4 Å². The molecule has 0 heterocycles. The van der Waals surface area contributed by atoms with Crippen molar-refractivity contribution in [2.45, 2.75) is 45.6 Å². The Bertz CT molecular complexity index is 281. The Morgan fingerprint density at radius 3 is 2.72 bits per heavy atom. The van der Waals surface area contributed by atoms with Gasteiger partial charge in [-0.2, -0.15) is 0 Å². The van der Waals surface area contributed by atoms with E-state index in [9.17, 15) is 9.59 Å². The van der Waals surface area contributed by atoms with Gasteiger partial charge in [0.05, 0.1) is 19.1 Å². The summed E-state index contributed by atoms with van der Waals surface area (Å²) in [4.78, 5) is 23.0. The van der Waals surface area contributed by atoms with E-state index in [1.54, 1.807) is 0 Å². The molecule has 104 valence electrons. The van der Waals surface area contributed by atoms with E-state index < -0.39 is 0 Å². The number of likely N-dealkylation sites (N-methyl/N-ethyl adjacent to an activating group) is 1. The molecule has 0 bridgehead atoms. The molecule has 2 atom stereocenters. The highest BCUT2D eigenvalue weighted by Gasteiger charge is 2.28. The summed E-state index contributed by atoms with van der Waals surface area (Å²) >= 11 is 0. The van der Waals surface area contributed by atoms with Gasteiger partial charge in [-0.15, -0.1) is 0 Å². The second-order valence-corrected chi connectivity index (χ2v) is 4.65. The summed E-state index contributed by atoms with van der Waals surface area (Å²) in [5, 5.41) is 5.96. The molecule has 2 unspecified atom stereocenters. The van der Waals surface area contributed by atoms with Gasteiger partial charge in [-0.05, 0) is 33.1 Å². The number of carbonyl (C=O) groups excluding carboxylic acids is 2. The molecule has 5 nitrogen and oxygen atoms in total. The molecule has 1 aliphatic rings. The third kappa shape index (κ3) is 5.04. The minimum Gasteiger partial charge on any atom is -0.466 e. The van der Waals surface area contributed by atoms with Crippen LogP contribution in [0.5, 0.6) is 0 Å². The van der Waals surface area contributed by atoms with E-state index >= 15 is 0 Å². The van der Waals surface area contributed by atoms with Crippen LogP contribution >= 0.6 is 0 Å². The lowest BCUT2D eigenvalue weighted by atomic mass is 9.86. The van der Waals surface area contributed by atoms with Crippen molar-refractivity contribution < 1.29 is 14.3 Å². The zero-order valence-electron chi connectivity index (χ0n) is 11.3. The fourth-order valence-corrected chi connectivity index (χ4v) is 2.35. The number of amides is 1. The monoisotopic (exact) mass is 256 g/mol. The van der Waals surface area contributed by atoms with Crippen LogP contribution in [0.1, 0.15) is 39.5 Å². The highest BCUT2D eigenvalue weighted by atomic mass is 16.5. The minimum absolute atomic E-state index is 0.00886. The van der Waals surface area contributed by atoms with Crippen molar-refractivity contribution in [2.24, 2.45) is 5.92 Å². The van der Waals surface area contributed by atoms with Gasteiger partial charge >= 0.3 is 5.97 Å². The van der Waals surface area contributed by atoms with Crippen LogP contribution in [0.15, 0.2) is 0 Å². The SMILES string of the molecule is CCNC(=O)CNC1CCCC(C(=O)OCC)C1. The summed E-state index contributed by atoms with van der Waals surface area (Å²) in [6.07, 6.45) is 3.71. The summed E-state index contributed by atoms with van der Waals surface area (Å²) in [6, 6.07) is 0.246. The molecule has 1 rings (SSSR count). The van der Waals surface area contributed by atoms with Crippen molar-refractivity contribution in [3.63, 3.8) is 0 Å². The Hall–Kier alpha value is -1.10. The van der Waals surface area contributed by atoms with Crippen LogP contribution in [0.2, 0.25) is 0 Å². The van der Waals surface area contributed by atoms with Crippen molar-refractivity contribution in [2.75, 3.05) is 19.7 Å². The third-order valence-corrected chi connectivity index (χ3v) is 3.22. The van der Waals surface area contributed by atoms with Crippen molar-refractivity contribution in [3.05, 3.63) is 0 Å². The molecule has 1 aliphatic carbocycles. The molecular formula is C13H24N2O3. The van der Waals surface area contributed by atoms with Crippen LogP contribution in [0.4, 0.5) is 0 Å². The third-order valence-electron chi connectivity index (χ3n) is 3.22. The van der Waals surface area contributed by atoms with Gasteiger partial charge in [0.15, 0.2) is 0 Å². The molecule has 0 aromatic rings. The number of hydrogen-bond donors (Lipinski definition) is 2. The van der Waals surface area contributed by atoms with Crippen molar-refractivity contribution in [3.8, 4) is 0 Å². The minimum atomic E-state index is -0.0954. The van der Waals surface area contributed by atoms with Gasteiger partial charge in [-0.25, -0.2) is 0 Å². The summed E-state index contributed by atoms with van der Waals surface area (Å²) in [6.45, 7) is 5.14. The summed E-state index contributed by atoms with van der Waals surface area (Å²) in [5.41, 5.74) is 0. The molecule has 0 aromatic heterocycles. The first kappa shape index (κ1) is 15.0.